The summed E-state index contributed by atoms with van der Waals surface area (Å²) >= 11 is 0. The molecule has 0 atom stereocenters. The van der Waals surface area contributed by atoms with Gasteiger partial charge in [0.05, 0.1) is 0 Å². The molecule has 15 heteroatoms. The fourth-order valence-corrected chi connectivity index (χ4v) is 0. The van der Waals surface area contributed by atoms with Crippen LogP contribution in [0.15, 0.2) is 0 Å². The predicted molar refractivity (Wildman–Crippen MR) is 29.2 cm³/mol. The van der Waals surface area contributed by atoms with Crippen LogP contribution in [0.2, 0.25) is 0 Å². The van der Waals surface area contributed by atoms with E-state index in [4.69, 9.17) is 0 Å². The first-order chi connectivity index (χ1) is 0. The fraction of sp³-hybridized carbons (Fsp3) is 0. The standard InChI is InChI=1S/2Ca.2Mg.2Nb.9O/q4*+2;2*+5;9*-2. The minimum atomic E-state index is 0. The molecule has 0 aliphatic carbocycles. The van der Waals surface area contributed by atoms with Crippen molar-refractivity contribution < 1.29 is 94.0 Å². The van der Waals surface area contributed by atoms with Gasteiger partial charge >= 0.3 is 166 Å². The average Bonchev–Trinajstić information content (AvgIpc) is 0. The number of rotatable bonds is 0. The molecule has 0 fully saturated rings. The maximum atomic E-state index is 0. The van der Waals surface area contributed by atoms with Crippen molar-refractivity contribution in [2.24, 2.45) is 0 Å². The summed E-state index contributed by atoms with van der Waals surface area (Å²) in [4.78, 5) is 0. The Morgan fingerprint density at radius 2 is 0.267 bits per heavy atom. The Bertz CT molecular complexity index is 24.1. The van der Waals surface area contributed by atoms with Gasteiger partial charge in [-0.15, -0.1) is 0 Å². The SMILES string of the molecule is [Ca+2].[Ca+2].[Mg+2].[Mg+2].[Nb+5].[Nb+5].[O-2].[O-2].[O-2].[O-2].[O-2].[O-2].[O-2].[O-2].[O-2]. The summed E-state index contributed by atoms with van der Waals surface area (Å²) in [5.74, 6) is 0. The molecule has 0 spiro atoms. The molecule has 72 valence electrons. The molecule has 0 amide bonds. The first kappa shape index (κ1) is 277. The van der Waals surface area contributed by atoms with Crippen LogP contribution in [0.25, 0.3) is 0 Å². The van der Waals surface area contributed by atoms with E-state index in [1.165, 1.54) is 0 Å². The van der Waals surface area contributed by atoms with E-state index in [1.54, 1.807) is 0 Å². The van der Waals surface area contributed by atoms with Gasteiger partial charge in [-0.1, -0.05) is 0 Å². The van der Waals surface area contributed by atoms with Crippen molar-refractivity contribution in [3.05, 3.63) is 0 Å². The molecule has 0 saturated heterocycles. The van der Waals surface area contributed by atoms with Gasteiger partial charge in [0.1, 0.15) is 0 Å². The van der Waals surface area contributed by atoms with Crippen LogP contribution in [0.1, 0.15) is 0 Å². The Morgan fingerprint density at radius 3 is 0.267 bits per heavy atom. The number of hydrogen-bond donors (Lipinski definition) is 0. The molecule has 0 N–H and O–H groups in total. The fourth-order valence-electron chi connectivity index (χ4n) is 0. The van der Waals surface area contributed by atoms with Crippen molar-refractivity contribution in [3.63, 3.8) is 0 Å². The summed E-state index contributed by atoms with van der Waals surface area (Å²) in [5.41, 5.74) is 0. The van der Waals surface area contributed by atoms with E-state index >= 15 is 0 Å². The molecule has 0 aromatic rings. The normalized spacial score (nSPS) is 0. The molecule has 0 aliphatic rings. The van der Waals surface area contributed by atoms with Crippen molar-refractivity contribution in [2.45, 2.75) is 0 Å². The second kappa shape index (κ2) is 237. The third kappa shape index (κ3) is 211. The molecule has 15 heavy (non-hydrogen) atoms. The van der Waals surface area contributed by atoms with Gasteiger partial charge in [-0.3, -0.25) is 0 Å². The second-order valence-electron chi connectivity index (χ2n) is 0. The number of hydrogen-bond acceptors (Lipinski definition) is 0. The van der Waals surface area contributed by atoms with Gasteiger partial charge in [0.2, 0.25) is 0 Å². The second-order valence-corrected chi connectivity index (χ2v) is 0. The van der Waals surface area contributed by atoms with Crippen LogP contribution in [0.3, 0.4) is 0 Å². The summed E-state index contributed by atoms with van der Waals surface area (Å²) in [6.45, 7) is 0. The Kier molecular flexibility index (Phi) is 4370. The van der Waals surface area contributed by atoms with Gasteiger partial charge in [0.15, 0.2) is 0 Å². The van der Waals surface area contributed by atoms with Crippen LogP contribution in [0.5, 0.6) is 0 Å². The van der Waals surface area contributed by atoms with Crippen LogP contribution in [-0.2, 0) is 94.0 Å². The van der Waals surface area contributed by atoms with Crippen LogP contribution in [0.4, 0.5) is 0 Å². The first-order valence-corrected chi connectivity index (χ1v) is 0. The molecule has 0 heterocycles. The van der Waals surface area contributed by atoms with E-state index in [0.717, 1.165) is 0 Å². The summed E-state index contributed by atoms with van der Waals surface area (Å²) in [6.07, 6.45) is 0. The topological polar surface area (TPSA) is 256 Å². The van der Waals surface area contributed by atoms with Gasteiger partial charge < -0.3 is 49.3 Å². The summed E-state index contributed by atoms with van der Waals surface area (Å²) in [6, 6.07) is 0. The third-order valence-electron chi connectivity index (χ3n) is 0. The van der Waals surface area contributed by atoms with Gasteiger partial charge in [-0.05, 0) is 0 Å². The van der Waals surface area contributed by atoms with E-state index < -0.39 is 0 Å². The molecule has 0 unspecified atom stereocenters. The van der Waals surface area contributed by atoms with Gasteiger partial charge in [-0.2, -0.15) is 0 Å². The quantitative estimate of drug-likeness (QED) is 0.338. The van der Waals surface area contributed by atoms with Crippen LogP contribution < -0.4 is 0 Å². The van der Waals surface area contributed by atoms with Gasteiger partial charge in [-0.25, -0.2) is 0 Å². The molecule has 0 aliphatic heterocycles. The zero-order valence-electron chi connectivity index (χ0n) is 7.40. The molecule has 0 rings (SSSR count). The molecule has 0 bridgehead atoms. The van der Waals surface area contributed by atoms with Crippen molar-refractivity contribution in [2.75, 3.05) is 0 Å². The maximum absolute atomic E-state index is 0. The molecule has 0 aromatic carbocycles. The zero-order chi connectivity index (χ0) is 0. The van der Waals surface area contributed by atoms with E-state index in [2.05, 4.69) is 0 Å². The Hall–Kier alpha value is 5.17. The summed E-state index contributed by atoms with van der Waals surface area (Å²) in [5, 5.41) is 0. The van der Waals surface area contributed by atoms with Crippen LogP contribution in [0, 0.1) is 0 Å². The molecule has 0 aromatic heterocycles. The Labute approximate surface area is 211 Å². The smallest absolute Gasteiger partial charge is 2.00 e. The van der Waals surface area contributed by atoms with Gasteiger partial charge in [0.25, 0.3) is 0 Å². The van der Waals surface area contributed by atoms with Gasteiger partial charge in [0, 0.05) is 0 Å². The third-order valence-corrected chi connectivity index (χ3v) is 0. The average molecular weight is 459 g/mol. The molecule has 9 nitrogen and oxygen atoms in total. The maximum Gasteiger partial charge on any atom is 5.00 e. The minimum absolute atomic E-state index is 0. The first-order valence-electron chi connectivity index (χ1n) is 0. The minimum Gasteiger partial charge on any atom is -2.00 e. The Balaban J connectivity index is 0. The predicted octanol–water partition coefficient (Wildman–Crippen LogP) is -2.60. The van der Waals surface area contributed by atoms with Crippen LogP contribution >= 0.6 is 0 Å². The van der Waals surface area contributed by atoms with Crippen LogP contribution in [-0.4, -0.2) is 122 Å². The molecular formula is Ca2Mg2Nb2O9. The van der Waals surface area contributed by atoms with E-state index in [0.29, 0.717) is 0 Å². The van der Waals surface area contributed by atoms with Crippen molar-refractivity contribution in [1.29, 1.82) is 0 Å². The van der Waals surface area contributed by atoms with E-state index in [1.807, 2.05) is 0 Å². The molecule has 0 radical (unpaired) electrons. The van der Waals surface area contributed by atoms with Crippen molar-refractivity contribution in [3.8, 4) is 0 Å². The van der Waals surface area contributed by atoms with Crippen molar-refractivity contribution in [1.82, 2.24) is 0 Å². The zero-order valence-corrected chi connectivity index (χ0v) is 19.0. The molecular weight excluding hydrogens is 459 g/mol. The molecule has 0 saturated carbocycles. The van der Waals surface area contributed by atoms with Crippen molar-refractivity contribution >= 4 is 122 Å². The van der Waals surface area contributed by atoms with E-state index in [9.17, 15) is 0 Å². The van der Waals surface area contributed by atoms with E-state index in [-0.39, 0.29) is 216 Å². The summed E-state index contributed by atoms with van der Waals surface area (Å²) in [7, 11) is 0. The summed E-state index contributed by atoms with van der Waals surface area (Å²) < 4.78 is 0. The largest absolute Gasteiger partial charge is 5.00 e. The monoisotopic (exact) mass is 458 g/mol. The Morgan fingerprint density at radius 1 is 0.267 bits per heavy atom.